The van der Waals surface area contributed by atoms with E-state index >= 15 is 0 Å². The van der Waals surface area contributed by atoms with Gasteiger partial charge in [-0.25, -0.2) is 4.79 Å². The van der Waals surface area contributed by atoms with E-state index in [1.54, 1.807) is 6.92 Å². The van der Waals surface area contributed by atoms with Gasteiger partial charge in [0.1, 0.15) is 0 Å². The molecule has 1 unspecified atom stereocenters. The van der Waals surface area contributed by atoms with Crippen LogP contribution in [0.15, 0.2) is 12.7 Å². The first-order chi connectivity index (χ1) is 5.54. The van der Waals surface area contributed by atoms with Crippen LogP contribution in [-0.4, -0.2) is 34.0 Å². The van der Waals surface area contributed by atoms with Crippen molar-refractivity contribution in [2.24, 2.45) is 0 Å². The number of aliphatic carboxylic acids is 1. The Labute approximate surface area is 72.2 Å². The summed E-state index contributed by atoms with van der Waals surface area (Å²) in [5.41, 5.74) is 0. The summed E-state index contributed by atoms with van der Waals surface area (Å²) in [7, 11) is 0. The van der Waals surface area contributed by atoms with Crippen molar-refractivity contribution in [3.05, 3.63) is 12.7 Å². The van der Waals surface area contributed by atoms with Crippen molar-refractivity contribution in [2.75, 3.05) is 6.61 Å². The molecule has 0 aliphatic heterocycles. The van der Waals surface area contributed by atoms with Crippen molar-refractivity contribution in [1.29, 1.82) is 0 Å². The maximum atomic E-state index is 9.25. The molecule has 0 spiro atoms. The second-order valence-electron chi connectivity index (χ2n) is 2.26. The Hall–Kier alpha value is -0.870. The Balaban J connectivity index is 0. The third-order valence-corrected chi connectivity index (χ3v) is 0.955. The molecule has 0 aromatic heterocycles. The Kier molecular flexibility index (Phi) is 11.6. The molecule has 3 N–H and O–H groups in total. The van der Waals surface area contributed by atoms with Crippen LogP contribution in [-0.2, 0) is 4.79 Å². The lowest BCUT2D eigenvalue weighted by atomic mass is 10.2. The van der Waals surface area contributed by atoms with E-state index in [2.05, 4.69) is 6.58 Å². The molecule has 0 saturated carbocycles. The Bertz CT molecular complexity index is 120. The monoisotopic (exact) mass is 176 g/mol. The van der Waals surface area contributed by atoms with Gasteiger partial charge in [-0.1, -0.05) is 6.58 Å². The van der Waals surface area contributed by atoms with Crippen LogP contribution in [0.3, 0.4) is 0 Å². The van der Waals surface area contributed by atoms with Gasteiger partial charge in [-0.2, -0.15) is 0 Å². The van der Waals surface area contributed by atoms with Gasteiger partial charge in [-0.3, -0.25) is 0 Å². The molecule has 1 atom stereocenters. The number of carboxylic acid groups (broad SMARTS) is 1. The first-order valence-electron chi connectivity index (χ1n) is 3.68. The van der Waals surface area contributed by atoms with E-state index < -0.39 is 5.97 Å². The standard InChI is InChI=1S/C5H12O2.C3H4O2/c1-5(7)3-2-4-6;1-2-3(4)5/h5-7H,2-4H2,1H3;2H,1H2,(H,4,5). The maximum absolute atomic E-state index is 9.25. The topological polar surface area (TPSA) is 77.8 Å². The summed E-state index contributed by atoms with van der Waals surface area (Å²) in [5, 5.41) is 24.4. The van der Waals surface area contributed by atoms with Crippen molar-refractivity contribution in [1.82, 2.24) is 0 Å². The van der Waals surface area contributed by atoms with E-state index in [0.29, 0.717) is 12.8 Å². The molecule has 0 aromatic rings. The number of hydrogen-bond acceptors (Lipinski definition) is 3. The normalized spacial score (nSPS) is 10.9. The quantitative estimate of drug-likeness (QED) is 0.542. The SMILES string of the molecule is C=CC(=O)O.CC(O)CCCO. The molecule has 4 nitrogen and oxygen atoms in total. The fraction of sp³-hybridized carbons (Fsp3) is 0.625. The van der Waals surface area contributed by atoms with Gasteiger partial charge in [0.15, 0.2) is 0 Å². The van der Waals surface area contributed by atoms with Gasteiger partial charge < -0.3 is 15.3 Å². The van der Waals surface area contributed by atoms with Gasteiger partial charge in [0.05, 0.1) is 6.10 Å². The van der Waals surface area contributed by atoms with Gasteiger partial charge in [-0.05, 0) is 19.8 Å². The molecule has 0 aliphatic carbocycles. The molecule has 0 radical (unpaired) electrons. The average molecular weight is 176 g/mol. The van der Waals surface area contributed by atoms with Crippen molar-refractivity contribution in [3.63, 3.8) is 0 Å². The molecule has 0 bridgehead atoms. The highest BCUT2D eigenvalue weighted by Gasteiger charge is 1.90. The first-order valence-corrected chi connectivity index (χ1v) is 3.68. The van der Waals surface area contributed by atoms with Crippen LogP contribution < -0.4 is 0 Å². The van der Waals surface area contributed by atoms with E-state index in [0.717, 1.165) is 6.08 Å². The second-order valence-corrected chi connectivity index (χ2v) is 2.26. The number of rotatable bonds is 4. The summed E-state index contributed by atoms with van der Waals surface area (Å²) in [4.78, 5) is 9.25. The predicted octanol–water partition coefficient (Wildman–Crippen LogP) is 0.397. The smallest absolute Gasteiger partial charge is 0.327 e. The van der Waals surface area contributed by atoms with Crippen LogP contribution in [0.25, 0.3) is 0 Å². The van der Waals surface area contributed by atoms with Crippen LogP contribution >= 0.6 is 0 Å². The fourth-order valence-electron chi connectivity index (χ4n) is 0.387. The van der Waals surface area contributed by atoms with Crippen LogP contribution in [0.4, 0.5) is 0 Å². The lowest BCUT2D eigenvalue weighted by Crippen LogP contribution is -1.99. The fourth-order valence-corrected chi connectivity index (χ4v) is 0.387. The lowest BCUT2D eigenvalue weighted by Gasteiger charge is -1.98. The van der Waals surface area contributed by atoms with Crippen molar-refractivity contribution in [2.45, 2.75) is 25.9 Å². The highest BCUT2D eigenvalue weighted by atomic mass is 16.4. The second kappa shape index (κ2) is 10.1. The Morgan fingerprint density at radius 1 is 1.67 bits per heavy atom. The third kappa shape index (κ3) is 22.9. The summed E-state index contributed by atoms with van der Waals surface area (Å²) in [6.45, 7) is 4.86. The van der Waals surface area contributed by atoms with E-state index in [1.165, 1.54) is 0 Å². The van der Waals surface area contributed by atoms with E-state index in [4.69, 9.17) is 15.3 Å². The minimum atomic E-state index is -0.981. The number of carbonyl (C=O) groups is 1. The highest BCUT2D eigenvalue weighted by Crippen LogP contribution is 1.92. The van der Waals surface area contributed by atoms with Gasteiger partial charge in [0, 0.05) is 12.7 Å². The van der Waals surface area contributed by atoms with Crippen LogP contribution in [0.2, 0.25) is 0 Å². The zero-order valence-corrected chi connectivity index (χ0v) is 7.23. The summed E-state index contributed by atoms with van der Waals surface area (Å²) >= 11 is 0. The minimum Gasteiger partial charge on any atom is -0.478 e. The molecule has 0 aromatic carbocycles. The van der Waals surface area contributed by atoms with Gasteiger partial charge in [-0.15, -0.1) is 0 Å². The largest absolute Gasteiger partial charge is 0.478 e. The van der Waals surface area contributed by atoms with Gasteiger partial charge in [0.2, 0.25) is 0 Å². The molecule has 0 amide bonds. The molecule has 4 heteroatoms. The molecular weight excluding hydrogens is 160 g/mol. The lowest BCUT2D eigenvalue weighted by molar-refractivity contribution is -0.131. The molecule has 0 heterocycles. The van der Waals surface area contributed by atoms with Crippen LogP contribution in [0, 0.1) is 0 Å². The average Bonchev–Trinajstić information content (AvgIpc) is 2.02. The number of aliphatic hydroxyl groups is 2. The summed E-state index contributed by atoms with van der Waals surface area (Å²) in [6, 6.07) is 0. The zero-order chi connectivity index (χ0) is 9.98. The third-order valence-electron chi connectivity index (χ3n) is 0.955. The molecule has 0 fully saturated rings. The van der Waals surface area contributed by atoms with Crippen LogP contribution in [0.5, 0.6) is 0 Å². The van der Waals surface area contributed by atoms with E-state index in [1.807, 2.05) is 0 Å². The van der Waals surface area contributed by atoms with E-state index in [9.17, 15) is 4.79 Å². The molecule has 0 aliphatic rings. The highest BCUT2D eigenvalue weighted by molar-refractivity contribution is 5.78. The molecule has 0 rings (SSSR count). The van der Waals surface area contributed by atoms with Crippen LogP contribution in [0.1, 0.15) is 19.8 Å². The Morgan fingerprint density at radius 3 is 2.17 bits per heavy atom. The van der Waals surface area contributed by atoms with Crippen molar-refractivity contribution < 1.29 is 20.1 Å². The van der Waals surface area contributed by atoms with Gasteiger partial charge >= 0.3 is 5.97 Å². The summed E-state index contributed by atoms with van der Waals surface area (Å²) in [5.74, 6) is -0.981. The number of aliphatic hydroxyl groups excluding tert-OH is 2. The number of carboxylic acids is 1. The van der Waals surface area contributed by atoms with E-state index in [-0.39, 0.29) is 12.7 Å². The summed E-state index contributed by atoms with van der Waals surface area (Å²) in [6.07, 6.45) is 1.99. The Morgan fingerprint density at radius 2 is 2.08 bits per heavy atom. The molecule has 12 heavy (non-hydrogen) atoms. The molecular formula is C8H16O4. The summed E-state index contributed by atoms with van der Waals surface area (Å²) < 4.78 is 0. The number of hydrogen-bond donors (Lipinski definition) is 3. The van der Waals surface area contributed by atoms with Crippen molar-refractivity contribution >= 4 is 5.97 Å². The van der Waals surface area contributed by atoms with Gasteiger partial charge in [0.25, 0.3) is 0 Å². The first kappa shape index (κ1) is 13.7. The van der Waals surface area contributed by atoms with Crippen molar-refractivity contribution in [3.8, 4) is 0 Å². The maximum Gasteiger partial charge on any atom is 0.327 e. The predicted molar refractivity (Wildman–Crippen MR) is 45.8 cm³/mol. The molecule has 0 saturated heterocycles. The zero-order valence-electron chi connectivity index (χ0n) is 7.23. The minimum absolute atomic E-state index is 0.185. The molecule has 72 valence electrons.